The van der Waals surface area contributed by atoms with Crippen molar-refractivity contribution in [3.8, 4) is 5.75 Å². The van der Waals surface area contributed by atoms with Crippen molar-refractivity contribution in [3.05, 3.63) is 71.8 Å². The number of nitrogens with zero attached hydrogens (tertiary/aromatic N) is 1. The van der Waals surface area contributed by atoms with Crippen molar-refractivity contribution in [1.29, 1.82) is 0 Å². The second-order valence-electron chi connectivity index (χ2n) is 6.05. The van der Waals surface area contributed by atoms with Crippen LogP contribution < -0.4 is 4.74 Å². The van der Waals surface area contributed by atoms with Crippen LogP contribution >= 0.6 is 0 Å². The molecule has 3 nitrogen and oxygen atoms in total. The van der Waals surface area contributed by atoms with Crippen molar-refractivity contribution in [2.24, 2.45) is 0 Å². The Balaban J connectivity index is 1.53. The Hall–Kier alpha value is -2.39. The molecular formula is C21H23NO2. The van der Waals surface area contributed by atoms with Gasteiger partial charge in [-0.25, -0.2) is 0 Å². The molecule has 0 N–H and O–H groups in total. The molecule has 124 valence electrons. The van der Waals surface area contributed by atoms with E-state index in [2.05, 4.69) is 35.2 Å². The molecule has 2 aromatic rings. The van der Waals surface area contributed by atoms with Crippen molar-refractivity contribution in [2.45, 2.75) is 12.8 Å². The minimum atomic E-state index is 0.173. The third-order valence-electron chi connectivity index (χ3n) is 4.48. The monoisotopic (exact) mass is 321 g/mol. The molecule has 1 aliphatic rings. The van der Waals surface area contributed by atoms with Gasteiger partial charge in [0, 0.05) is 31.6 Å². The lowest BCUT2D eigenvalue weighted by atomic mass is 9.99. The van der Waals surface area contributed by atoms with Crippen LogP contribution in [0.3, 0.4) is 0 Å². The van der Waals surface area contributed by atoms with Crippen LogP contribution in [0.4, 0.5) is 0 Å². The summed E-state index contributed by atoms with van der Waals surface area (Å²) in [5.74, 6) is 0.904. The second-order valence-corrected chi connectivity index (χ2v) is 6.05. The van der Waals surface area contributed by atoms with E-state index in [-0.39, 0.29) is 5.78 Å². The molecule has 1 heterocycles. The lowest BCUT2D eigenvalue weighted by Gasteiger charge is -2.26. The van der Waals surface area contributed by atoms with E-state index in [1.165, 1.54) is 11.1 Å². The van der Waals surface area contributed by atoms with Crippen molar-refractivity contribution in [3.63, 3.8) is 0 Å². The van der Waals surface area contributed by atoms with Gasteiger partial charge in [-0.05, 0) is 29.7 Å². The van der Waals surface area contributed by atoms with Crippen LogP contribution in [0, 0.1) is 0 Å². The van der Waals surface area contributed by atoms with E-state index < -0.39 is 0 Å². The van der Waals surface area contributed by atoms with Gasteiger partial charge in [0.1, 0.15) is 5.75 Å². The summed E-state index contributed by atoms with van der Waals surface area (Å²) in [6.45, 7) is 2.72. The molecule has 0 amide bonds. The largest absolute Gasteiger partial charge is 0.497 e. The van der Waals surface area contributed by atoms with Crippen LogP contribution in [0.25, 0.3) is 5.57 Å². The van der Waals surface area contributed by atoms with Crippen molar-refractivity contribution >= 4 is 11.4 Å². The minimum Gasteiger partial charge on any atom is -0.497 e. The van der Waals surface area contributed by atoms with Gasteiger partial charge in [0.05, 0.1) is 7.11 Å². The third kappa shape index (κ3) is 4.12. The molecule has 0 aliphatic carbocycles. The van der Waals surface area contributed by atoms with Crippen LogP contribution in [-0.2, 0) is 0 Å². The molecule has 0 spiro atoms. The summed E-state index contributed by atoms with van der Waals surface area (Å²) >= 11 is 0. The number of Topliss-reactive ketones (excluding diaryl/α,β-unsaturated/α-hetero) is 1. The standard InChI is InChI=1S/C21H23NO2/c1-24-20-9-5-8-19(16-20)21(23)12-15-22-13-10-18(11-14-22)17-6-3-2-4-7-17/h2-10,16H,11-15H2,1H3. The van der Waals surface area contributed by atoms with E-state index in [1.54, 1.807) is 7.11 Å². The predicted octanol–water partition coefficient (Wildman–Crippen LogP) is 4.06. The van der Waals surface area contributed by atoms with Crippen molar-refractivity contribution < 1.29 is 9.53 Å². The maximum absolute atomic E-state index is 12.3. The Kier molecular flexibility index (Phi) is 5.44. The topological polar surface area (TPSA) is 29.5 Å². The normalized spacial score (nSPS) is 15.0. The van der Waals surface area contributed by atoms with Gasteiger partial charge in [-0.15, -0.1) is 0 Å². The van der Waals surface area contributed by atoms with Gasteiger partial charge in [0.2, 0.25) is 0 Å². The molecule has 0 fully saturated rings. The SMILES string of the molecule is COc1cccc(C(=O)CCN2CC=C(c3ccccc3)CC2)c1. The van der Waals surface area contributed by atoms with Gasteiger partial charge in [0.25, 0.3) is 0 Å². The molecule has 0 bridgehead atoms. The Morgan fingerprint density at radius 2 is 1.96 bits per heavy atom. The fraction of sp³-hybridized carbons (Fsp3) is 0.286. The average molecular weight is 321 g/mol. The molecule has 1 aliphatic heterocycles. The zero-order chi connectivity index (χ0) is 16.8. The van der Waals surface area contributed by atoms with Gasteiger partial charge in [0.15, 0.2) is 5.78 Å². The number of methoxy groups -OCH3 is 1. The molecule has 3 heteroatoms. The molecule has 3 rings (SSSR count). The summed E-state index contributed by atoms with van der Waals surface area (Å²) < 4.78 is 5.18. The number of hydrogen-bond acceptors (Lipinski definition) is 3. The van der Waals surface area contributed by atoms with Gasteiger partial charge in [-0.3, -0.25) is 9.69 Å². The van der Waals surface area contributed by atoms with E-state index in [0.717, 1.165) is 37.4 Å². The van der Waals surface area contributed by atoms with Crippen molar-refractivity contribution in [2.75, 3.05) is 26.7 Å². The molecule has 0 aromatic heterocycles. The Morgan fingerprint density at radius 1 is 1.12 bits per heavy atom. The van der Waals surface area contributed by atoms with Crippen LogP contribution in [0.5, 0.6) is 5.75 Å². The number of rotatable bonds is 6. The summed E-state index contributed by atoms with van der Waals surface area (Å²) in [6.07, 6.45) is 3.87. The Bertz CT molecular complexity index is 722. The number of carbonyl (C=O) groups excluding carboxylic acids is 1. The number of carbonyl (C=O) groups is 1. The van der Waals surface area contributed by atoms with Gasteiger partial charge < -0.3 is 4.74 Å². The molecule has 0 radical (unpaired) electrons. The average Bonchev–Trinajstić information content (AvgIpc) is 2.67. The molecule has 24 heavy (non-hydrogen) atoms. The summed E-state index contributed by atoms with van der Waals surface area (Å²) in [5, 5.41) is 0. The maximum Gasteiger partial charge on any atom is 0.164 e. The first kappa shape index (κ1) is 16.5. The summed E-state index contributed by atoms with van der Waals surface area (Å²) in [7, 11) is 1.62. The molecule has 0 saturated heterocycles. The molecule has 0 atom stereocenters. The second kappa shape index (κ2) is 7.93. The molecule has 0 unspecified atom stereocenters. The number of benzene rings is 2. The molecule has 2 aromatic carbocycles. The first-order valence-corrected chi connectivity index (χ1v) is 8.40. The highest BCUT2D eigenvalue weighted by Gasteiger charge is 2.14. The van der Waals surface area contributed by atoms with E-state index >= 15 is 0 Å². The zero-order valence-electron chi connectivity index (χ0n) is 14.1. The van der Waals surface area contributed by atoms with Gasteiger partial charge in [-0.2, -0.15) is 0 Å². The van der Waals surface area contributed by atoms with Gasteiger partial charge >= 0.3 is 0 Å². The Morgan fingerprint density at radius 3 is 2.67 bits per heavy atom. The molecular weight excluding hydrogens is 298 g/mol. The highest BCUT2D eigenvalue weighted by molar-refractivity contribution is 5.96. The third-order valence-corrected chi connectivity index (χ3v) is 4.48. The van der Waals surface area contributed by atoms with E-state index in [9.17, 15) is 4.79 Å². The zero-order valence-corrected chi connectivity index (χ0v) is 14.1. The van der Waals surface area contributed by atoms with Crippen molar-refractivity contribution in [1.82, 2.24) is 4.90 Å². The quantitative estimate of drug-likeness (QED) is 0.752. The van der Waals surface area contributed by atoms with E-state index in [1.807, 2.05) is 30.3 Å². The van der Waals surface area contributed by atoms with E-state index in [0.29, 0.717) is 6.42 Å². The fourth-order valence-corrected chi connectivity index (χ4v) is 3.03. The van der Waals surface area contributed by atoms with Crippen LogP contribution in [0.2, 0.25) is 0 Å². The lowest BCUT2D eigenvalue weighted by molar-refractivity contribution is 0.0966. The first-order valence-electron chi connectivity index (χ1n) is 8.40. The van der Waals surface area contributed by atoms with E-state index in [4.69, 9.17) is 4.74 Å². The summed E-state index contributed by atoms with van der Waals surface area (Å²) in [5.41, 5.74) is 3.45. The highest BCUT2D eigenvalue weighted by Crippen LogP contribution is 2.22. The number of hydrogen-bond donors (Lipinski definition) is 0. The van der Waals surface area contributed by atoms with Gasteiger partial charge in [-0.1, -0.05) is 48.5 Å². The van der Waals surface area contributed by atoms with Crippen LogP contribution in [0.15, 0.2) is 60.7 Å². The fourth-order valence-electron chi connectivity index (χ4n) is 3.03. The number of ether oxygens (including phenoxy) is 1. The van der Waals surface area contributed by atoms with Crippen LogP contribution in [-0.4, -0.2) is 37.4 Å². The highest BCUT2D eigenvalue weighted by atomic mass is 16.5. The number of ketones is 1. The summed E-state index contributed by atoms with van der Waals surface area (Å²) in [6, 6.07) is 17.9. The smallest absolute Gasteiger partial charge is 0.164 e. The maximum atomic E-state index is 12.3. The minimum absolute atomic E-state index is 0.173. The summed E-state index contributed by atoms with van der Waals surface area (Å²) in [4.78, 5) is 14.7. The Labute approximate surface area is 143 Å². The molecule has 0 saturated carbocycles. The predicted molar refractivity (Wildman–Crippen MR) is 97.4 cm³/mol. The lowest BCUT2D eigenvalue weighted by Crippen LogP contribution is -2.30. The van der Waals surface area contributed by atoms with Crippen LogP contribution in [0.1, 0.15) is 28.8 Å². The first-order chi connectivity index (χ1) is 11.8.